The molecule has 1 aliphatic heterocycles. The van der Waals surface area contributed by atoms with Gasteiger partial charge < -0.3 is 10.5 Å². The zero-order valence-corrected chi connectivity index (χ0v) is 9.15. The van der Waals surface area contributed by atoms with Crippen molar-refractivity contribution < 1.29 is 4.74 Å². The first kappa shape index (κ1) is 10.6. The zero-order valence-electron chi connectivity index (χ0n) is 9.15. The molecule has 0 aromatic carbocycles. The fourth-order valence-electron chi connectivity index (χ4n) is 2.02. The van der Waals surface area contributed by atoms with Gasteiger partial charge in [0.25, 0.3) is 0 Å². The first-order chi connectivity index (χ1) is 7.36. The topological polar surface area (TPSA) is 66.0 Å². The fourth-order valence-corrected chi connectivity index (χ4v) is 2.02. The Kier molecular flexibility index (Phi) is 3.33. The van der Waals surface area contributed by atoms with Gasteiger partial charge in [-0.15, -0.1) is 5.10 Å². The number of hydrogen-bond donors (Lipinski definition) is 1. The normalized spacial score (nSPS) is 21.1. The van der Waals surface area contributed by atoms with Crippen LogP contribution < -0.4 is 5.73 Å². The molecule has 2 N–H and O–H groups in total. The Morgan fingerprint density at radius 1 is 1.60 bits per heavy atom. The number of aromatic nitrogens is 3. The van der Waals surface area contributed by atoms with Crippen LogP contribution in [0.3, 0.4) is 0 Å². The minimum Gasteiger partial charge on any atom is -0.372 e. The van der Waals surface area contributed by atoms with Gasteiger partial charge in [0.1, 0.15) is 11.8 Å². The van der Waals surface area contributed by atoms with Crippen LogP contribution >= 0.6 is 0 Å². The summed E-state index contributed by atoms with van der Waals surface area (Å²) in [5, 5.41) is 8.23. The van der Waals surface area contributed by atoms with Crippen molar-refractivity contribution in [3.05, 3.63) is 11.4 Å². The van der Waals surface area contributed by atoms with Crippen molar-refractivity contribution in [2.24, 2.45) is 5.73 Å². The highest BCUT2D eigenvalue weighted by molar-refractivity contribution is 5.14. The van der Waals surface area contributed by atoms with Gasteiger partial charge in [-0.2, -0.15) is 0 Å². The Morgan fingerprint density at radius 2 is 2.47 bits per heavy atom. The van der Waals surface area contributed by atoms with Gasteiger partial charge in [-0.25, -0.2) is 4.68 Å². The third-order valence-corrected chi connectivity index (χ3v) is 2.71. The Balaban J connectivity index is 2.27. The molecule has 0 amide bonds. The summed E-state index contributed by atoms with van der Waals surface area (Å²) in [6, 6.07) is 0. The Hall–Kier alpha value is -0.940. The molecule has 15 heavy (non-hydrogen) atoms. The molecular formula is C10H18N4O. The highest BCUT2D eigenvalue weighted by Crippen LogP contribution is 2.29. The van der Waals surface area contributed by atoms with E-state index in [0.717, 1.165) is 43.8 Å². The summed E-state index contributed by atoms with van der Waals surface area (Å²) >= 11 is 0. The molecule has 84 valence electrons. The second-order valence-electron chi connectivity index (χ2n) is 3.85. The van der Waals surface area contributed by atoms with Crippen molar-refractivity contribution >= 4 is 0 Å². The van der Waals surface area contributed by atoms with Crippen molar-refractivity contribution in [2.75, 3.05) is 6.61 Å². The molecule has 0 bridgehead atoms. The summed E-state index contributed by atoms with van der Waals surface area (Å²) in [4.78, 5) is 0. The van der Waals surface area contributed by atoms with Gasteiger partial charge in [-0.3, -0.25) is 0 Å². The summed E-state index contributed by atoms with van der Waals surface area (Å²) in [7, 11) is 0. The number of nitrogens with two attached hydrogens (primary N) is 1. The van der Waals surface area contributed by atoms with Gasteiger partial charge in [0, 0.05) is 19.7 Å². The molecule has 2 heterocycles. The Bertz CT molecular complexity index is 317. The summed E-state index contributed by atoms with van der Waals surface area (Å²) in [6.45, 7) is 4.30. The van der Waals surface area contributed by atoms with E-state index in [1.54, 1.807) is 0 Å². The molecule has 1 aromatic rings. The highest BCUT2D eigenvalue weighted by atomic mass is 16.5. The quantitative estimate of drug-likeness (QED) is 0.805. The van der Waals surface area contributed by atoms with Crippen LogP contribution in [0.5, 0.6) is 0 Å². The first-order valence-corrected chi connectivity index (χ1v) is 5.60. The molecule has 1 aliphatic rings. The van der Waals surface area contributed by atoms with Gasteiger partial charge in [-0.1, -0.05) is 12.1 Å². The lowest BCUT2D eigenvalue weighted by atomic mass is 10.1. The number of hydrogen-bond acceptors (Lipinski definition) is 4. The lowest BCUT2D eigenvalue weighted by Gasteiger charge is -2.12. The molecule has 5 nitrogen and oxygen atoms in total. The third-order valence-electron chi connectivity index (χ3n) is 2.71. The first-order valence-electron chi connectivity index (χ1n) is 5.60. The van der Waals surface area contributed by atoms with Gasteiger partial charge in [0.2, 0.25) is 0 Å². The van der Waals surface area contributed by atoms with Crippen LogP contribution in [0.15, 0.2) is 0 Å². The maximum atomic E-state index is 5.67. The molecule has 1 saturated heterocycles. The van der Waals surface area contributed by atoms with E-state index in [9.17, 15) is 0 Å². The molecule has 1 fully saturated rings. The van der Waals surface area contributed by atoms with Gasteiger partial charge in [0.15, 0.2) is 0 Å². The van der Waals surface area contributed by atoms with E-state index in [1.165, 1.54) is 0 Å². The van der Waals surface area contributed by atoms with Crippen molar-refractivity contribution in [2.45, 2.75) is 45.4 Å². The molecule has 1 atom stereocenters. The predicted octanol–water partition coefficient (Wildman–Crippen LogP) is 0.998. The molecule has 1 unspecified atom stereocenters. The van der Waals surface area contributed by atoms with E-state index in [4.69, 9.17) is 10.5 Å². The zero-order chi connectivity index (χ0) is 10.7. The maximum absolute atomic E-state index is 5.67. The van der Waals surface area contributed by atoms with E-state index in [1.807, 2.05) is 4.68 Å². The van der Waals surface area contributed by atoms with E-state index < -0.39 is 0 Å². The second-order valence-corrected chi connectivity index (χ2v) is 3.85. The van der Waals surface area contributed by atoms with Crippen molar-refractivity contribution in [3.63, 3.8) is 0 Å². The van der Waals surface area contributed by atoms with E-state index >= 15 is 0 Å². The van der Waals surface area contributed by atoms with E-state index in [0.29, 0.717) is 6.54 Å². The van der Waals surface area contributed by atoms with Gasteiger partial charge >= 0.3 is 0 Å². The minimum absolute atomic E-state index is 0.157. The summed E-state index contributed by atoms with van der Waals surface area (Å²) in [5.74, 6) is 0. The van der Waals surface area contributed by atoms with Crippen molar-refractivity contribution in [1.82, 2.24) is 15.0 Å². The number of aryl methyl sites for hydroxylation is 1. The molecule has 1 aromatic heterocycles. The van der Waals surface area contributed by atoms with Crippen LogP contribution in [-0.4, -0.2) is 21.6 Å². The Morgan fingerprint density at radius 3 is 3.07 bits per heavy atom. The summed E-state index contributed by atoms with van der Waals surface area (Å²) < 4.78 is 7.61. The van der Waals surface area contributed by atoms with E-state index in [2.05, 4.69) is 17.2 Å². The van der Waals surface area contributed by atoms with Crippen LogP contribution in [0.25, 0.3) is 0 Å². The molecule has 2 rings (SSSR count). The van der Waals surface area contributed by atoms with E-state index in [-0.39, 0.29) is 6.10 Å². The molecule has 5 heteroatoms. The third kappa shape index (κ3) is 2.03. The summed E-state index contributed by atoms with van der Waals surface area (Å²) in [6.07, 6.45) is 3.38. The SMILES string of the molecule is CCCn1nnc(CN)c1C1CCCO1. The van der Waals surface area contributed by atoms with Crippen molar-refractivity contribution in [3.8, 4) is 0 Å². The van der Waals surface area contributed by atoms with Crippen LogP contribution in [0.2, 0.25) is 0 Å². The van der Waals surface area contributed by atoms with Gasteiger partial charge in [-0.05, 0) is 19.3 Å². The average Bonchev–Trinajstić information content (AvgIpc) is 2.85. The molecule has 0 radical (unpaired) electrons. The second kappa shape index (κ2) is 4.72. The highest BCUT2D eigenvalue weighted by Gasteiger charge is 2.25. The fraction of sp³-hybridized carbons (Fsp3) is 0.800. The lowest BCUT2D eigenvalue weighted by molar-refractivity contribution is 0.103. The van der Waals surface area contributed by atoms with Crippen molar-refractivity contribution in [1.29, 1.82) is 0 Å². The largest absolute Gasteiger partial charge is 0.372 e. The van der Waals surface area contributed by atoms with Gasteiger partial charge in [0.05, 0.1) is 5.69 Å². The smallest absolute Gasteiger partial charge is 0.102 e. The molecular weight excluding hydrogens is 192 g/mol. The number of ether oxygens (including phenoxy) is 1. The van der Waals surface area contributed by atoms with Crippen LogP contribution in [0.4, 0.5) is 0 Å². The lowest BCUT2D eigenvalue weighted by Crippen LogP contribution is -2.12. The average molecular weight is 210 g/mol. The molecule has 0 spiro atoms. The van der Waals surface area contributed by atoms with Crippen LogP contribution in [0, 0.1) is 0 Å². The molecule has 0 aliphatic carbocycles. The minimum atomic E-state index is 0.157. The number of rotatable bonds is 4. The van der Waals surface area contributed by atoms with Crippen LogP contribution in [-0.2, 0) is 17.8 Å². The number of nitrogens with zero attached hydrogens (tertiary/aromatic N) is 3. The van der Waals surface area contributed by atoms with Crippen LogP contribution in [0.1, 0.15) is 43.7 Å². The standard InChI is InChI=1S/C10H18N4O/c1-2-5-14-10(8(7-11)12-13-14)9-4-3-6-15-9/h9H,2-7,11H2,1H3. The monoisotopic (exact) mass is 210 g/mol. The maximum Gasteiger partial charge on any atom is 0.102 e. The molecule has 0 saturated carbocycles. The predicted molar refractivity (Wildman–Crippen MR) is 56.1 cm³/mol. The summed E-state index contributed by atoms with van der Waals surface area (Å²) in [5.41, 5.74) is 7.64. The Labute approximate surface area is 89.6 Å².